The van der Waals surface area contributed by atoms with Crippen LogP contribution in [0.25, 0.3) is 43.7 Å². The quantitative estimate of drug-likeness (QED) is 0.285. The number of hydrogen-bond acceptors (Lipinski definition) is 1. The van der Waals surface area contributed by atoms with Crippen LogP contribution in [0.1, 0.15) is 44.6 Å². The molecule has 2 atom stereocenters. The van der Waals surface area contributed by atoms with Crippen LogP contribution in [-0.4, -0.2) is 4.57 Å². The van der Waals surface area contributed by atoms with Crippen LogP contribution < -0.4 is 0 Å². The largest absolute Gasteiger partial charge is 0.454 e. The fraction of sp³-hybridized carbons (Fsp3) is 0.357. The van der Waals surface area contributed by atoms with E-state index >= 15 is 0 Å². The third-order valence-electron chi connectivity index (χ3n) is 8.33. The predicted molar refractivity (Wildman–Crippen MR) is 125 cm³/mol. The highest BCUT2D eigenvalue weighted by atomic mass is 16.3. The maximum atomic E-state index is 6.36. The van der Waals surface area contributed by atoms with Crippen molar-refractivity contribution in [1.82, 2.24) is 4.57 Å². The van der Waals surface area contributed by atoms with Crippen molar-refractivity contribution >= 4 is 43.7 Å². The van der Waals surface area contributed by atoms with Crippen LogP contribution >= 0.6 is 0 Å². The summed E-state index contributed by atoms with van der Waals surface area (Å²) in [6, 6.07) is 20.2. The summed E-state index contributed by atoms with van der Waals surface area (Å²) in [4.78, 5) is 0. The Kier molecular flexibility index (Phi) is 3.22. The summed E-state index contributed by atoms with van der Waals surface area (Å²) in [6.45, 7) is 2.52. The van der Waals surface area contributed by atoms with E-state index in [4.69, 9.17) is 4.42 Å². The van der Waals surface area contributed by atoms with Gasteiger partial charge in [-0.05, 0) is 66.3 Å². The zero-order valence-corrected chi connectivity index (χ0v) is 17.7. The van der Waals surface area contributed by atoms with E-state index in [1.54, 1.807) is 0 Å². The number of hydrogen-bond donors (Lipinski definition) is 0. The Labute approximate surface area is 176 Å². The Morgan fingerprint density at radius 1 is 0.867 bits per heavy atom. The Balaban J connectivity index is 1.49. The summed E-state index contributed by atoms with van der Waals surface area (Å²) in [5, 5.41) is 5.08. The van der Waals surface area contributed by atoms with E-state index in [0.717, 1.165) is 23.0 Å². The number of rotatable bonds is 1. The highest BCUT2D eigenvalue weighted by Crippen LogP contribution is 2.52. The van der Waals surface area contributed by atoms with Crippen molar-refractivity contribution < 1.29 is 4.42 Å². The van der Waals surface area contributed by atoms with Gasteiger partial charge < -0.3 is 8.98 Å². The molecule has 0 aliphatic heterocycles. The normalized spacial score (nSPS) is 26.5. The molecule has 30 heavy (non-hydrogen) atoms. The van der Waals surface area contributed by atoms with Crippen LogP contribution in [0.5, 0.6) is 0 Å². The number of nitrogens with zero attached hydrogens (tertiary/aromatic N) is 1. The second kappa shape index (κ2) is 5.69. The number of benzene rings is 3. The molecule has 2 fully saturated rings. The second-order valence-corrected chi connectivity index (χ2v) is 10.2. The van der Waals surface area contributed by atoms with Gasteiger partial charge in [0.1, 0.15) is 5.58 Å². The average molecular weight is 394 g/mol. The predicted octanol–water partition coefficient (Wildman–Crippen LogP) is 7.70. The molecule has 2 aliphatic carbocycles. The molecule has 2 heterocycles. The molecule has 2 heteroatoms. The Hall–Kier alpha value is -2.74. The van der Waals surface area contributed by atoms with Crippen LogP contribution in [0, 0.1) is 11.8 Å². The topological polar surface area (TPSA) is 18.1 Å². The summed E-state index contributed by atoms with van der Waals surface area (Å²) in [5.74, 6) is 1.87. The summed E-state index contributed by atoms with van der Waals surface area (Å²) in [7, 11) is 2.18. The lowest BCUT2D eigenvalue weighted by Gasteiger charge is -2.38. The average Bonchev–Trinajstić information content (AvgIpc) is 3.39. The third-order valence-corrected chi connectivity index (χ3v) is 8.33. The molecule has 5 aromatic rings. The van der Waals surface area contributed by atoms with Crippen molar-refractivity contribution in [2.24, 2.45) is 18.9 Å². The molecule has 0 saturated heterocycles. The van der Waals surface area contributed by atoms with E-state index in [2.05, 4.69) is 67.1 Å². The van der Waals surface area contributed by atoms with Crippen molar-refractivity contribution in [1.29, 1.82) is 0 Å². The van der Waals surface area contributed by atoms with Crippen LogP contribution in [0.15, 0.2) is 59.0 Å². The van der Waals surface area contributed by atoms with Crippen LogP contribution in [-0.2, 0) is 12.5 Å². The molecule has 0 N–H and O–H groups in total. The standard InChI is InChI=1S/C28H27NO/c1-28(15-17-7-8-18(13-17)16-28)19-9-12-24-23(14-19)21-10-11-22-20-5-3-4-6-25(20)30-27(22)26(21)29(24)2/h3-6,9-12,14,17-18H,7-8,13,15-16H2,1-2H3. The Bertz CT molecular complexity index is 1450. The monoisotopic (exact) mass is 393 g/mol. The highest BCUT2D eigenvalue weighted by Gasteiger charge is 2.42. The van der Waals surface area contributed by atoms with E-state index < -0.39 is 0 Å². The molecule has 2 aliphatic rings. The summed E-state index contributed by atoms with van der Waals surface area (Å²) < 4.78 is 8.68. The molecular formula is C28H27NO. The molecule has 150 valence electrons. The molecule has 2 saturated carbocycles. The van der Waals surface area contributed by atoms with Crippen molar-refractivity contribution in [2.45, 2.75) is 44.4 Å². The highest BCUT2D eigenvalue weighted by molar-refractivity contribution is 6.20. The number of furan rings is 1. The number of aromatic nitrogens is 1. The lowest BCUT2D eigenvalue weighted by Crippen LogP contribution is -2.30. The van der Waals surface area contributed by atoms with Gasteiger partial charge >= 0.3 is 0 Å². The first-order chi connectivity index (χ1) is 14.6. The van der Waals surface area contributed by atoms with Crippen molar-refractivity contribution in [2.75, 3.05) is 0 Å². The fourth-order valence-electron chi connectivity index (χ4n) is 7.01. The van der Waals surface area contributed by atoms with Gasteiger partial charge in [-0.1, -0.05) is 50.1 Å². The molecule has 7 rings (SSSR count). The molecular weight excluding hydrogens is 366 g/mol. The van der Waals surface area contributed by atoms with Gasteiger partial charge in [-0.3, -0.25) is 0 Å². The molecule has 2 nitrogen and oxygen atoms in total. The zero-order valence-electron chi connectivity index (χ0n) is 17.7. The third kappa shape index (κ3) is 2.14. The van der Waals surface area contributed by atoms with Crippen molar-refractivity contribution in [3.63, 3.8) is 0 Å². The van der Waals surface area contributed by atoms with E-state index in [-0.39, 0.29) is 0 Å². The second-order valence-electron chi connectivity index (χ2n) is 10.2. The zero-order chi connectivity index (χ0) is 20.0. The van der Waals surface area contributed by atoms with Gasteiger partial charge in [0.2, 0.25) is 0 Å². The minimum absolute atomic E-state index is 0.323. The van der Waals surface area contributed by atoms with Gasteiger partial charge in [-0.25, -0.2) is 0 Å². The van der Waals surface area contributed by atoms with Gasteiger partial charge in [0.15, 0.2) is 5.58 Å². The number of para-hydroxylation sites is 1. The van der Waals surface area contributed by atoms with Gasteiger partial charge in [0, 0.05) is 34.1 Å². The smallest absolute Gasteiger partial charge is 0.159 e. The lowest BCUT2D eigenvalue weighted by molar-refractivity contribution is 0.232. The molecule has 3 aromatic carbocycles. The maximum absolute atomic E-state index is 6.36. The first-order valence-corrected chi connectivity index (χ1v) is 11.4. The molecule has 2 aromatic heterocycles. The Morgan fingerprint density at radius 3 is 2.47 bits per heavy atom. The van der Waals surface area contributed by atoms with E-state index in [1.807, 2.05) is 6.07 Å². The van der Waals surface area contributed by atoms with Crippen LogP contribution in [0.4, 0.5) is 0 Å². The first-order valence-electron chi connectivity index (χ1n) is 11.4. The molecule has 0 radical (unpaired) electrons. The summed E-state index contributed by atoms with van der Waals surface area (Å²) in [6.07, 6.45) is 7.07. The van der Waals surface area contributed by atoms with Gasteiger partial charge in [-0.15, -0.1) is 0 Å². The van der Waals surface area contributed by atoms with Gasteiger partial charge in [0.05, 0.1) is 5.52 Å². The van der Waals surface area contributed by atoms with Crippen LogP contribution in [0.3, 0.4) is 0 Å². The molecule has 2 unspecified atom stereocenters. The molecule has 0 spiro atoms. The van der Waals surface area contributed by atoms with E-state index in [9.17, 15) is 0 Å². The maximum Gasteiger partial charge on any atom is 0.159 e. The molecule has 0 amide bonds. The fourth-order valence-corrected chi connectivity index (χ4v) is 7.01. The lowest BCUT2D eigenvalue weighted by atomic mass is 9.66. The SMILES string of the molecule is Cn1c2ccc(C3(C)CC4CCC(C4)C3)cc2c2ccc3c4ccccc4oc3c21. The molecule has 2 bridgehead atoms. The van der Waals surface area contributed by atoms with E-state index in [0.29, 0.717) is 5.41 Å². The van der Waals surface area contributed by atoms with Gasteiger partial charge in [0.25, 0.3) is 0 Å². The number of aryl methyl sites for hydroxylation is 1. The van der Waals surface area contributed by atoms with Gasteiger partial charge in [-0.2, -0.15) is 0 Å². The van der Waals surface area contributed by atoms with Crippen molar-refractivity contribution in [3.8, 4) is 0 Å². The van der Waals surface area contributed by atoms with Crippen LogP contribution in [0.2, 0.25) is 0 Å². The minimum Gasteiger partial charge on any atom is -0.454 e. The number of fused-ring (bicyclic) bond motifs is 9. The van der Waals surface area contributed by atoms with E-state index in [1.165, 1.54) is 70.2 Å². The minimum atomic E-state index is 0.323. The summed E-state index contributed by atoms with van der Waals surface area (Å²) in [5.41, 5.74) is 6.34. The van der Waals surface area contributed by atoms with Crippen molar-refractivity contribution in [3.05, 3.63) is 60.2 Å². The summed E-state index contributed by atoms with van der Waals surface area (Å²) >= 11 is 0. The Morgan fingerprint density at radius 2 is 1.63 bits per heavy atom. The first kappa shape index (κ1) is 17.0.